The number of thioether (sulfide) groups is 1. The van der Waals surface area contributed by atoms with E-state index < -0.39 is 24.7 Å². The van der Waals surface area contributed by atoms with Crippen LogP contribution in [0, 0.1) is 11.8 Å². The minimum absolute atomic E-state index is 0.00864. The van der Waals surface area contributed by atoms with Crippen molar-refractivity contribution in [1.82, 2.24) is 4.98 Å². The summed E-state index contributed by atoms with van der Waals surface area (Å²) in [5, 5.41) is 20.0. The van der Waals surface area contributed by atoms with Crippen molar-refractivity contribution in [3.63, 3.8) is 0 Å². The average molecular weight is 438 g/mol. The summed E-state index contributed by atoms with van der Waals surface area (Å²) in [7, 11) is 0. The number of aliphatic hydroxyl groups is 1. The van der Waals surface area contributed by atoms with Crippen LogP contribution < -0.4 is 0 Å². The zero-order valence-electron chi connectivity index (χ0n) is 15.0. The number of halogens is 3. The number of Topliss-reactive ketones (excluding diaryl/α,β-unsaturated/α-hetero) is 1. The first kappa shape index (κ1) is 22.9. The number of aromatic nitrogens is 1. The van der Waals surface area contributed by atoms with Gasteiger partial charge < -0.3 is 10.2 Å². The van der Waals surface area contributed by atoms with Crippen LogP contribution in [0.4, 0.5) is 13.2 Å². The molecule has 1 heterocycles. The summed E-state index contributed by atoms with van der Waals surface area (Å²) in [6.45, 7) is 0. The fourth-order valence-corrected chi connectivity index (χ4v) is 4.99. The van der Waals surface area contributed by atoms with E-state index >= 15 is 0 Å². The van der Waals surface area contributed by atoms with E-state index in [0.29, 0.717) is 29.4 Å². The predicted molar refractivity (Wildman–Crippen MR) is 101 cm³/mol. The van der Waals surface area contributed by atoms with E-state index in [9.17, 15) is 27.9 Å². The Morgan fingerprint density at radius 2 is 2.21 bits per heavy atom. The number of aromatic carboxylic acids is 1. The molecule has 1 aromatic rings. The molecule has 0 radical (unpaired) electrons. The number of allylic oxidation sites excluding steroid dienone is 1. The van der Waals surface area contributed by atoms with Crippen LogP contribution in [-0.2, 0) is 4.79 Å². The number of hydrogen-bond donors (Lipinski definition) is 2. The summed E-state index contributed by atoms with van der Waals surface area (Å²) < 4.78 is 37.1. The van der Waals surface area contributed by atoms with Gasteiger partial charge in [0.15, 0.2) is 10.0 Å². The quantitative estimate of drug-likeness (QED) is 0.412. The lowest BCUT2D eigenvalue weighted by Gasteiger charge is -2.15. The van der Waals surface area contributed by atoms with Crippen LogP contribution in [0.3, 0.4) is 0 Å². The molecule has 1 aromatic heterocycles. The highest BCUT2D eigenvalue weighted by molar-refractivity contribution is 8.01. The molecule has 5 nitrogen and oxygen atoms in total. The summed E-state index contributed by atoms with van der Waals surface area (Å²) in [5.41, 5.74) is 0.00864. The Kier molecular flexibility index (Phi) is 8.51. The van der Waals surface area contributed by atoms with Gasteiger partial charge in [0.05, 0.1) is 6.10 Å². The van der Waals surface area contributed by atoms with Crippen LogP contribution in [0.25, 0.3) is 0 Å². The molecule has 0 amide bonds. The molecule has 1 aliphatic rings. The number of carboxylic acid groups (broad SMARTS) is 1. The number of hydrogen-bond acceptors (Lipinski definition) is 6. The summed E-state index contributed by atoms with van der Waals surface area (Å²) in [6, 6.07) is 0. The number of carbonyl (C=O) groups is 2. The van der Waals surface area contributed by atoms with Crippen LogP contribution in [0.15, 0.2) is 21.9 Å². The van der Waals surface area contributed by atoms with Crippen molar-refractivity contribution in [3.05, 3.63) is 23.2 Å². The van der Waals surface area contributed by atoms with Crippen LogP contribution in [0.1, 0.15) is 49.0 Å². The number of carboxylic acids is 1. The topological polar surface area (TPSA) is 87.5 Å². The molecule has 0 spiro atoms. The van der Waals surface area contributed by atoms with Crippen molar-refractivity contribution in [2.75, 3.05) is 5.75 Å². The first-order valence-corrected chi connectivity index (χ1v) is 10.8. The van der Waals surface area contributed by atoms with Crippen molar-refractivity contribution >= 4 is 34.9 Å². The standard InChI is InChI=1S/C18H22F3NO4S2/c19-18(20,21)8-6-12(23)3-1-2-11-4-5-15(24)13(11)7-9-27-17-22-14(10-28-17)16(25)26/h1-2,10-13,23H,3-9H2,(H,25,26)/b2-1+/t11-,12-,13-/m1/s1. The molecule has 1 aliphatic carbocycles. The van der Waals surface area contributed by atoms with E-state index in [1.807, 2.05) is 6.08 Å². The molecule has 0 aromatic carbocycles. The molecule has 28 heavy (non-hydrogen) atoms. The van der Waals surface area contributed by atoms with E-state index in [4.69, 9.17) is 5.11 Å². The van der Waals surface area contributed by atoms with Crippen LogP contribution in [-0.4, -0.2) is 45.0 Å². The summed E-state index contributed by atoms with van der Waals surface area (Å²) >= 11 is 2.66. The second-order valence-electron chi connectivity index (χ2n) is 6.69. The fourth-order valence-electron chi connectivity index (χ4n) is 3.09. The van der Waals surface area contributed by atoms with E-state index in [1.54, 1.807) is 6.08 Å². The van der Waals surface area contributed by atoms with E-state index in [1.165, 1.54) is 28.5 Å². The number of ketones is 1. The maximum Gasteiger partial charge on any atom is 0.389 e. The number of aliphatic hydroxyl groups excluding tert-OH is 1. The van der Waals surface area contributed by atoms with Gasteiger partial charge in [-0.15, -0.1) is 11.3 Å². The largest absolute Gasteiger partial charge is 0.476 e. The summed E-state index contributed by atoms with van der Waals surface area (Å²) in [6.07, 6.45) is -1.21. The van der Waals surface area contributed by atoms with E-state index in [2.05, 4.69) is 4.98 Å². The molecule has 1 fully saturated rings. The third-order valence-corrected chi connectivity index (χ3v) is 6.62. The van der Waals surface area contributed by atoms with E-state index in [0.717, 1.165) is 0 Å². The minimum Gasteiger partial charge on any atom is -0.476 e. The zero-order chi connectivity index (χ0) is 20.7. The van der Waals surface area contributed by atoms with Crippen molar-refractivity contribution in [3.8, 4) is 0 Å². The molecular weight excluding hydrogens is 415 g/mol. The van der Waals surface area contributed by atoms with Gasteiger partial charge in [-0.05, 0) is 31.6 Å². The van der Waals surface area contributed by atoms with Gasteiger partial charge in [-0.25, -0.2) is 9.78 Å². The Morgan fingerprint density at radius 1 is 1.46 bits per heavy atom. The summed E-state index contributed by atoms with van der Waals surface area (Å²) in [4.78, 5) is 26.9. The normalized spacial score (nSPS) is 21.5. The second-order valence-corrected chi connectivity index (χ2v) is 8.89. The smallest absolute Gasteiger partial charge is 0.389 e. The number of thiazole rings is 1. The molecule has 10 heteroatoms. The van der Waals surface area contributed by atoms with Gasteiger partial charge in [0.2, 0.25) is 0 Å². The highest BCUT2D eigenvalue weighted by Crippen LogP contribution is 2.35. The van der Waals surface area contributed by atoms with Crippen LogP contribution in [0.2, 0.25) is 0 Å². The highest BCUT2D eigenvalue weighted by atomic mass is 32.2. The Bertz CT molecular complexity index is 705. The molecule has 1 saturated carbocycles. The molecule has 2 rings (SSSR count). The van der Waals surface area contributed by atoms with Gasteiger partial charge in [-0.3, -0.25) is 4.79 Å². The average Bonchev–Trinajstić information content (AvgIpc) is 3.21. The van der Waals surface area contributed by atoms with Crippen molar-refractivity contribution in [2.24, 2.45) is 11.8 Å². The number of nitrogens with zero attached hydrogens (tertiary/aromatic N) is 1. The minimum atomic E-state index is -4.27. The van der Waals surface area contributed by atoms with Crippen molar-refractivity contribution in [2.45, 2.75) is 55.1 Å². The number of rotatable bonds is 10. The van der Waals surface area contributed by atoms with Crippen LogP contribution in [0.5, 0.6) is 0 Å². The first-order chi connectivity index (χ1) is 13.2. The second kappa shape index (κ2) is 10.4. The Balaban J connectivity index is 1.77. The lowest BCUT2D eigenvalue weighted by Crippen LogP contribution is -2.15. The number of alkyl halides is 3. The van der Waals surface area contributed by atoms with Crippen molar-refractivity contribution in [1.29, 1.82) is 0 Å². The third kappa shape index (κ3) is 7.56. The Hall–Kier alpha value is -1.39. The highest BCUT2D eigenvalue weighted by Gasteiger charge is 2.32. The maximum absolute atomic E-state index is 12.2. The summed E-state index contributed by atoms with van der Waals surface area (Å²) in [5.74, 6) is -0.416. The monoisotopic (exact) mass is 437 g/mol. The van der Waals surface area contributed by atoms with Crippen LogP contribution >= 0.6 is 23.1 Å². The van der Waals surface area contributed by atoms with Crippen molar-refractivity contribution < 1.29 is 33.0 Å². The van der Waals surface area contributed by atoms with Gasteiger partial charge in [0, 0.05) is 29.9 Å². The van der Waals surface area contributed by atoms with E-state index in [-0.39, 0.29) is 36.2 Å². The zero-order valence-corrected chi connectivity index (χ0v) is 16.7. The molecule has 0 unspecified atom stereocenters. The predicted octanol–water partition coefficient (Wildman–Crippen LogP) is 4.57. The number of carbonyl (C=O) groups excluding carboxylic acids is 1. The van der Waals surface area contributed by atoms with Gasteiger partial charge >= 0.3 is 12.1 Å². The molecule has 156 valence electrons. The molecule has 0 bridgehead atoms. The van der Waals surface area contributed by atoms with Gasteiger partial charge in [-0.2, -0.15) is 13.2 Å². The molecule has 0 saturated heterocycles. The SMILES string of the molecule is O=C(O)c1csc(SCC[C@H]2C(=O)CC[C@H]2/C=C/C[C@@H](O)CCC(F)(F)F)n1. The fraction of sp³-hybridized carbons (Fsp3) is 0.611. The van der Waals surface area contributed by atoms with Gasteiger partial charge in [-0.1, -0.05) is 23.9 Å². The third-order valence-electron chi connectivity index (χ3n) is 4.56. The lowest BCUT2D eigenvalue weighted by molar-refractivity contribution is -0.139. The van der Waals surface area contributed by atoms with Gasteiger partial charge in [0.25, 0.3) is 0 Å². The maximum atomic E-state index is 12.2. The lowest BCUT2D eigenvalue weighted by atomic mass is 9.92. The Labute approximate surface area is 169 Å². The molecule has 0 aliphatic heterocycles. The first-order valence-electron chi connectivity index (χ1n) is 8.91. The van der Waals surface area contributed by atoms with Gasteiger partial charge in [0.1, 0.15) is 5.78 Å². The molecular formula is C18H22F3NO4S2. The Morgan fingerprint density at radius 3 is 2.86 bits per heavy atom. The molecule has 2 N–H and O–H groups in total. The molecule has 3 atom stereocenters.